The minimum atomic E-state index is -0.890. The van der Waals surface area contributed by atoms with Crippen LogP contribution in [0.1, 0.15) is 32.3 Å². The monoisotopic (exact) mass is 241 g/mol. The van der Waals surface area contributed by atoms with Crippen LogP contribution in [0.3, 0.4) is 0 Å². The van der Waals surface area contributed by atoms with E-state index in [0.29, 0.717) is 17.9 Å². The van der Waals surface area contributed by atoms with Gasteiger partial charge in [-0.15, -0.1) is 0 Å². The summed E-state index contributed by atoms with van der Waals surface area (Å²) >= 11 is 0. The fraction of sp³-hybridized carbons (Fsp3) is 0.462. The van der Waals surface area contributed by atoms with Gasteiger partial charge in [-0.05, 0) is 30.0 Å². The Morgan fingerprint density at radius 3 is 2.59 bits per heavy atom. The number of benzene rings is 1. The van der Waals surface area contributed by atoms with Crippen LogP contribution in [-0.2, 0) is 11.3 Å². The molecule has 0 heterocycles. The summed E-state index contributed by atoms with van der Waals surface area (Å²) in [6.45, 7) is 4.32. The number of amides is 1. The molecule has 1 aromatic carbocycles. The van der Waals surface area contributed by atoms with Crippen LogP contribution in [0.25, 0.3) is 0 Å². The van der Waals surface area contributed by atoms with Gasteiger partial charge in [-0.1, -0.05) is 19.9 Å². The minimum Gasteiger partial charge on any atom is -0.352 e. The van der Waals surface area contributed by atoms with Crippen molar-refractivity contribution in [1.29, 1.82) is 0 Å². The quantitative estimate of drug-likeness (QED) is 0.843. The molecule has 2 nitrogen and oxygen atoms in total. The highest BCUT2D eigenvalue weighted by Gasteiger charge is 2.05. The van der Waals surface area contributed by atoms with Gasteiger partial charge in [0.05, 0.1) is 0 Å². The second kappa shape index (κ2) is 6.33. The highest BCUT2D eigenvalue weighted by atomic mass is 19.2. The smallest absolute Gasteiger partial charge is 0.220 e. The summed E-state index contributed by atoms with van der Waals surface area (Å²) in [4.78, 5) is 11.4. The Morgan fingerprint density at radius 2 is 2.00 bits per heavy atom. The first-order chi connectivity index (χ1) is 7.99. The van der Waals surface area contributed by atoms with Crippen LogP contribution in [0.15, 0.2) is 18.2 Å². The summed E-state index contributed by atoms with van der Waals surface area (Å²) in [5, 5.41) is 2.67. The molecule has 0 radical (unpaired) electrons. The predicted molar refractivity (Wildman–Crippen MR) is 62.3 cm³/mol. The number of rotatable bonds is 5. The van der Waals surface area contributed by atoms with Crippen molar-refractivity contribution >= 4 is 5.91 Å². The maximum absolute atomic E-state index is 12.9. The first-order valence-electron chi connectivity index (χ1n) is 5.69. The van der Waals surface area contributed by atoms with Crippen molar-refractivity contribution in [2.24, 2.45) is 5.92 Å². The Bertz CT molecular complexity index is 391. The highest BCUT2D eigenvalue weighted by Crippen LogP contribution is 2.08. The predicted octanol–water partition coefficient (Wildman–Crippen LogP) is 3.02. The molecule has 1 rings (SSSR count). The molecule has 0 saturated carbocycles. The Balaban J connectivity index is 2.39. The van der Waals surface area contributed by atoms with Gasteiger partial charge in [0, 0.05) is 13.0 Å². The number of hydrogen-bond acceptors (Lipinski definition) is 1. The summed E-state index contributed by atoms with van der Waals surface area (Å²) in [6, 6.07) is 3.62. The third-order valence-electron chi connectivity index (χ3n) is 2.42. The van der Waals surface area contributed by atoms with Gasteiger partial charge in [0.25, 0.3) is 0 Å². The van der Waals surface area contributed by atoms with Crippen LogP contribution in [0.2, 0.25) is 0 Å². The lowest BCUT2D eigenvalue weighted by molar-refractivity contribution is -0.121. The Kier molecular flexibility index (Phi) is 5.07. The molecule has 0 spiro atoms. The van der Waals surface area contributed by atoms with Crippen LogP contribution in [0.5, 0.6) is 0 Å². The molecule has 1 aromatic rings. The van der Waals surface area contributed by atoms with E-state index in [0.717, 1.165) is 18.6 Å². The van der Waals surface area contributed by atoms with E-state index in [1.165, 1.54) is 6.07 Å². The van der Waals surface area contributed by atoms with Crippen LogP contribution in [0.4, 0.5) is 8.78 Å². The van der Waals surface area contributed by atoms with Gasteiger partial charge >= 0.3 is 0 Å². The standard InChI is InChI=1S/C13H17F2NO/c1-9(2)3-6-13(17)16-8-10-4-5-11(14)12(15)7-10/h4-5,7,9H,3,6,8H2,1-2H3,(H,16,17). The van der Waals surface area contributed by atoms with Gasteiger partial charge < -0.3 is 5.32 Å². The fourth-order valence-corrected chi connectivity index (χ4v) is 1.36. The molecule has 0 aliphatic rings. The van der Waals surface area contributed by atoms with Crippen molar-refractivity contribution in [2.75, 3.05) is 0 Å². The minimum absolute atomic E-state index is 0.0663. The molecule has 17 heavy (non-hydrogen) atoms. The molecule has 0 aromatic heterocycles. The van der Waals surface area contributed by atoms with E-state index < -0.39 is 11.6 Å². The molecule has 1 amide bonds. The van der Waals surface area contributed by atoms with Crippen molar-refractivity contribution in [3.05, 3.63) is 35.4 Å². The van der Waals surface area contributed by atoms with E-state index in [2.05, 4.69) is 5.32 Å². The summed E-state index contributed by atoms with van der Waals surface area (Å²) in [5.74, 6) is -1.36. The molecule has 0 saturated heterocycles. The third-order valence-corrected chi connectivity index (χ3v) is 2.42. The van der Waals surface area contributed by atoms with E-state index in [-0.39, 0.29) is 12.5 Å². The molecule has 0 aliphatic carbocycles. The second-order valence-electron chi connectivity index (χ2n) is 4.46. The van der Waals surface area contributed by atoms with E-state index in [4.69, 9.17) is 0 Å². The lowest BCUT2D eigenvalue weighted by Crippen LogP contribution is -2.22. The van der Waals surface area contributed by atoms with Gasteiger partial charge in [-0.3, -0.25) is 4.79 Å². The van der Waals surface area contributed by atoms with Gasteiger partial charge in [-0.2, -0.15) is 0 Å². The van der Waals surface area contributed by atoms with Gasteiger partial charge in [0.2, 0.25) is 5.91 Å². The fourth-order valence-electron chi connectivity index (χ4n) is 1.36. The van der Waals surface area contributed by atoms with E-state index in [9.17, 15) is 13.6 Å². The van der Waals surface area contributed by atoms with Crippen LogP contribution < -0.4 is 5.32 Å². The van der Waals surface area contributed by atoms with Crippen molar-refractivity contribution in [1.82, 2.24) is 5.32 Å². The van der Waals surface area contributed by atoms with Crippen molar-refractivity contribution < 1.29 is 13.6 Å². The van der Waals surface area contributed by atoms with Gasteiger partial charge in [-0.25, -0.2) is 8.78 Å². The molecule has 94 valence electrons. The number of nitrogens with one attached hydrogen (secondary N) is 1. The largest absolute Gasteiger partial charge is 0.352 e. The Labute approximate surface area is 100 Å². The molecule has 1 N–H and O–H groups in total. The second-order valence-corrected chi connectivity index (χ2v) is 4.46. The summed E-state index contributed by atoms with van der Waals surface area (Å²) < 4.78 is 25.5. The molecule has 0 atom stereocenters. The SMILES string of the molecule is CC(C)CCC(=O)NCc1ccc(F)c(F)c1. The Morgan fingerprint density at radius 1 is 1.29 bits per heavy atom. The van der Waals surface area contributed by atoms with Gasteiger partial charge in [0.15, 0.2) is 11.6 Å². The lowest BCUT2D eigenvalue weighted by Gasteiger charge is -2.07. The summed E-state index contributed by atoms with van der Waals surface area (Å²) in [6.07, 6.45) is 1.28. The number of carbonyl (C=O) groups is 1. The van der Waals surface area contributed by atoms with Crippen LogP contribution in [0, 0.1) is 17.6 Å². The summed E-state index contributed by atoms with van der Waals surface area (Å²) in [7, 11) is 0. The van der Waals surface area contributed by atoms with E-state index in [1.54, 1.807) is 0 Å². The molecule has 0 bridgehead atoms. The maximum atomic E-state index is 12.9. The Hall–Kier alpha value is -1.45. The normalized spacial score (nSPS) is 10.6. The summed E-state index contributed by atoms with van der Waals surface area (Å²) in [5.41, 5.74) is 0.557. The van der Waals surface area contributed by atoms with Crippen LogP contribution >= 0.6 is 0 Å². The van der Waals surface area contributed by atoms with Gasteiger partial charge in [0.1, 0.15) is 0 Å². The zero-order chi connectivity index (χ0) is 12.8. The average Bonchev–Trinajstić information content (AvgIpc) is 2.28. The molecule has 0 fully saturated rings. The van der Waals surface area contributed by atoms with E-state index in [1.807, 2.05) is 13.8 Å². The molecular weight excluding hydrogens is 224 g/mol. The molecule has 0 aliphatic heterocycles. The van der Waals surface area contributed by atoms with Crippen molar-refractivity contribution in [3.63, 3.8) is 0 Å². The number of hydrogen-bond donors (Lipinski definition) is 1. The highest BCUT2D eigenvalue weighted by molar-refractivity contribution is 5.75. The zero-order valence-electron chi connectivity index (χ0n) is 10.1. The number of carbonyl (C=O) groups excluding carboxylic acids is 1. The van der Waals surface area contributed by atoms with Crippen molar-refractivity contribution in [2.45, 2.75) is 33.2 Å². The first-order valence-corrected chi connectivity index (χ1v) is 5.69. The van der Waals surface area contributed by atoms with E-state index >= 15 is 0 Å². The molecule has 0 unspecified atom stereocenters. The topological polar surface area (TPSA) is 29.1 Å². The zero-order valence-corrected chi connectivity index (χ0v) is 10.1. The number of halogens is 2. The first kappa shape index (κ1) is 13.6. The van der Waals surface area contributed by atoms with Crippen molar-refractivity contribution in [3.8, 4) is 0 Å². The molecule has 4 heteroatoms. The molecular formula is C13H17F2NO. The average molecular weight is 241 g/mol. The lowest BCUT2D eigenvalue weighted by atomic mass is 10.1. The maximum Gasteiger partial charge on any atom is 0.220 e. The third kappa shape index (κ3) is 4.93. The van der Waals surface area contributed by atoms with Crippen LogP contribution in [-0.4, -0.2) is 5.91 Å².